The summed E-state index contributed by atoms with van der Waals surface area (Å²) in [5, 5.41) is 0. The Labute approximate surface area is 150 Å². The van der Waals surface area contributed by atoms with Gasteiger partial charge in [0.15, 0.2) is 0 Å². The first kappa shape index (κ1) is 17.2. The van der Waals surface area contributed by atoms with Crippen LogP contribution in [0.3, 0.4) is 0 Å². The number of ether oxygens (including phenoxy) is 1. The molecule has 2 bridgehead atoms. The molecule has 4 atom stereocenters. The lowest BCUT2D eigenvalue weighted by atomic mass is 9.74. The first-order valence-electron chi connectivity index (χ1n) is 9.20. The summed E-state index contributed by atoms with van der Waals surface area (Å²) in [5.74, 6) is 1.92. The van der Waals surface area contributed by atoms with Crippen molar-refractivity contribution < 1.29 is 13.2 Å². The van der Waals surface area contributed by atoms with Crippen molar-refractivity contribution in [3.63, 3.8) is 0 Å². The Balaban J connectivity index is 1.47. The predicted molar refractivity (Wildman–Crippen MR) is 96.9 cm³/mol. The van der Waals surface area contributed by atoms with Gasteiger partial charge in [-0.2, -0.15) is 0 Å². The van der Waals surface area contributed by atoms with E-state index in [-0.39, 0.29) is 29.3 Å². The molecule has 0 aliphatic carbocycles. The maximum atomic E-state index is 12.2. The molecule has 3 fully saturated rings. The monoisotopic (exact) mass is 365 g/mol. The molecule has 25 heavy (non-hydrogen) atoms. The fourth-order valence-corrected chi connectivity index (χ4v) is 6.34. The van der Waals surface area contributed by atoms with Gasteiger partial charge in [-0.25, -0.2) is 18.1 Å². The van der Waals surface area contributed by atoms with Crippen LogP contribution in [-0.4, -0.2) is 50.5 Å². The summed E-state index contributed by atoms with van der Waals surface area (Å²) < 4.78 is 33.6. The topological polar surface area (TPSA) is 71.5 Å². The highest BCUT2D eigenvalue weighted by molar-refractivity contribution is 7.89. The third-order valence-corrected chi connectivity index (χ3v) is 7.56. The van der Waals surface area contributed by atoms with Gasteiger partial charge in [0.25, 0.3) is 0 Å². The SMILES string of the molecule is CC(C)CS(=O)(=O)NC[C@H]1[C@H]2CN(c3ccccn3)C[C@]23CC[C@H]1O3. The van der Waals surface area contributed by atoms with E-state index in [1.54, 1.807) is 0 Å². The van der Waals surface area contributed by atoms with E-state index >= 15 is 0 Å². The van der Waals surface area contributed by atoms with E-state index in [2.05, 4.69) is 14.6 Å². The number of pyridine rings is 1. The lowest BCUT2D eigenvalue weighted by Gasteiger charge is -2.29. The molecule has 0 unspecified atom stereocenters. The van der Waals surface area contributed by atoms with Gasteiger partial charge in [-0.1, -0.05) is 19.9 Å². The van der Waals surface area contributed by atoms with Gasteiger partial charge < -0.3 is 9.64 Å². The fraction of sp³-hybridized carbons (Fsp3) is 0.722. The smallest absolute Gasteiger partial charge is 0.211 e. The van der Waals surface area contributed by atoms with Crippen LogP contribution < -0.4 is 9.62 Å². The van der Waals surface area contributed by atoms with E-state index < -0.39 is 10.0 Å². The van der Waals surface area contributed by atoms with Crippen molar-refractivity contribution in [1.29, 1.82) is 0 Å². The summed E-state index contributed by atoms with van der Waals surface area (Å²) in [6.45, 7) is 6.10. The summed E-state index contributed by atoms with van der Waals surface area (Å²) in [5.41, 5.74) is -0.115. The third kappa shape index (κ3) is 3.17. The van der Waals surface area contributed by atoms with E-state index in [4.69, 9.17) is 4.74 Å². The zero-order valence-corrected chi connectivity index (χ0v) is 15.7. The van der Waals surface area contributed by atoms with Crippen molar-refractivity contribution >= 4 is 15.8 Å². The maximum absolute atomic E-state index is 12.2. The molecule has 7 heteroatoms. The molecular formula is C18H27N3O3S. The lowest BCUT2D eigenvalue weighted by molar-refractivity contribution is 0.0142. The Morgan fingerprint density at radius 2 is 2.28 bits per heavy atom. The summed E-state index contributed by atoms with van der Waals surface area (Å²) in [6, 6.07) is 5.96. The largest absolute Gasteiger partial charge is 0.369 e. The highest BCUT2D eigenvalue weighted by Crippen LogP contribution is 2.55. The van der Waals surface area contributed by atoms with E-state index in [1.807, 2.05) is 38.2 Å². The van der Waals surface area contributed by atoms with Crippen LogP contribution in [0.1, 0.15) is 26.7 Å². The average molecular weight is 365 g/mol. The minimum Gasteiger partial charge on any atom is -0.369 e. The molecule has 3 aliphatic heterocycles. The van der Waals surface area contributed by atoms with E-state index in [0.717, 1.165) is 31.7 Å². The normalized spacial score (nSPS) is 34.0. The van der Waals surface area contributed by atoms with Crippen LogP contribution in [0.5, 0.6) is 0 Å². The van der Waals surface area contributed by atoms with Gasteiger partial charge in [-0.05, 0) is 30.9 Å². The second-order valence-electron chi connectivity index (χ2n) is 8.12. The van der Waals surface area contributed by atoms with Crippen molar-refractivity contribution in [2.24, 2.45) is 17.8 Å². The van der Waals surface area contributed by atoms with Crippen LogP contribution in [0.15, 0.2) is 24.4 Å². The minimum absolute atomic E-state index is 0.115. The molecule has 3 saturated heterocycles. The quantitative estimate of drug-likeness (QED) is 0.830. The zero-order chi connectivity index (χ0) is 17.7. The molecule has 0 aromatic carbocycles. The van der Waals surface area contributed by atoms with Crippen molar-refractivity contribution in [2.75, 3.05) is 30.3 Å². The van der Waals surface area contributed by atoms with E-state index in [0.29, 0.717) is 12.5 Å². The number of sulfonamides is 1. The Morgan fingerprint density at radius 1 is 1.44 bits per heavy atom. The molecule has 3 aliphatic rings. The highest BCUT2D eigenvalue weighted by atomic mass is 32.2. The van der Waals surface area contributed by atoms with Crippen molar-refractivity contribution in [3.05, 3.63) is 24.4 Å². The Morgan fingerprint density at radius 3 is 3.00 bits per heavy atom. The molecule has 6 nitrogen and oxygen atoms in total. The number of hydrogen-bond donors (Lipinski definition) is 1. The molecule has 4 heterocycles. The number of nitrogens with one attached hydrogen (secondary N) is 1. The molecule has 1 aromatic rings. The van der Waals surface area contributed by atoms with Crippen molar-refractivity contribution in [1.82, 2.24) is 9.71 Å². The molecule has 0 radical (unpaired) electrons. The second-order valence-corrected chi connectivity index (χ2v) is 9.97. The minimum atomic E-state index is -3.21. The van der Waals surface area contributed by atoms with Gasteiger partial charge in [0, 0.05) is 37.7 Å². The third-order valence-electron chi connectivity index (χ3n) is 5.85. The van der Waals surface area contributed by atoms with Crippen LogP contribution in [-0.2, 0) is 14.8 Å². The van der Waals surface area contributed by atoms with Gasteiger partial charge in [0.05, 0.1) is 17.5 Å². The number of anilines is 1. The zero-order valence-electron chi connectivity index (χ0n) is 14.9. The van der Waals surface area contributed by atoms with Crippen molar-refractivity contribution in [2.45, 2.75) is 38.4 Å². The number of aromatic nitrogens is 1. The molecule has 1 N–H and O–H groups in total. The first-order valence-corrected chi connectivity index (χ1v) is 10.8. The van der Waals surface area contributed by atoms with Gasteiger partial charge in [0.2, 0.25) is 10.0 Å². The number of fused-ring (bicyclic) bond motifs is 1. The standard InChI is InChI=1S/C18H27N3O3S/c1-13(2)11-25(22,23)20-9-14-15-10-21(17-5-3-4-8-19-17)12-18(15)7-6-16(14)24-18/h3-5,8,13-16,20H,6-7,9-12H2,1-2H3/t14-,15+,16+,18+/m0/s1. The van der Waals surface area contributed by atoms with Crippen LogP contribution >= 0.6 is 0 Å². The van der Waals surface area contributed by atoms with Crippen LogP contribution in [0, 0.1) is 17.8 Å². The van der Waals surface area contributed by atoms with Crippen molar-refractivity contribution in [3.8, 4) is 0 Å². The number of rotatable bonds is 6. The van der Waals surface area contributed by atoms with Crippen LogP contribution in [0.2, 0.25) is 0 Å². The summed E-state index contributed by atoms with van der Waals surface area (Å²) in [6.07, 6.45) is 4.11. The lowest BCUT2D eigenvalue weighted by Crippen LogP contribution is -2.42. The molecule has 4 rings (SSSR count). The average Bonchev–Trinajstić information content (AvgIpc) is 3.20. The van der Waals surface area contributed by atoms with Crippen LogP contribution in [0.4, 0.5) is 5.82 Å². The Hall–Kier alpha value is -1.18. The van der Waals surface area contributed by atoms with Gasteiger partial charge in [0.1, 0.15) is 5.82 Å². The van der Waals surface area contributed by atoms with E-state index in [9.17, 15) is 8.42 Å². The summed E-state index contributed by atoms with van der Waals surface area (Å²) in [7, 11) is -3.21. The van der Waals surface area contributed by atoms with Gasteiger partial charge in [-0.15, -0.1) is 0 Å². The predicted octanol–water partition coefficient (Wildman–Crippen LogP) is 1.64. The van der Waals surface area contributed by atoms with Gasteiger partial charge >= 0.3 is 0 Å². The second kappa shape index (κ2) is 6.21. The van der Waals surface area contributed by atoms with Crippen LogP contribution in [0.25, 0.3) is 0 Å². The van der Waals surface area contributed by atoms with E-state index in [1.165, 1.54) is 0 Å². The number of nitrogens with zero attached hydrogens (tertiary/aromatic N) is 2. The number of hydrogen-bond acceptors (Lipinski definition) is 5. The Kier molecular flexibility index (Phi) is 4.29. The molecule has 0 saturated carbocycles. The first-order chi connectivity index (χ1) is 11.9. The molecule has 0 amide bonds. The summed E-state index contributed by atoms with van der Waals surface area (Å²) >= 11 is 0. The Bertz CT molecular complexity index is 724. The maximum Gasteiger partial charge on any atom is 0.211 e. The molecular weight excluding hydrogens is 338 g/mol. The molecule has 1 aromatic heterocycles. The molecule has 1 spiro atoms. The molecule has 138 valence electrons. The highest BCUT2D eigenvalue weighted by Gasteiger charge is 2.63. The fourth-order valence-electron chi connectivity index (χ4n) is 4.90. The van der Waals surface area contributed by atoms with Gasteiger partial charge in [-0.3, -0.25) is 0 Å². The summed E-state index contributed by atoms with van der Waals surface area (Å²) in [4.78, 5) is 6.76.